The fourth-order valence-corrected chi connectivity index (χ4v) is 16.9. The van der Waals surface area contributed by atoms with Crippen LogP contribution in [0.3, 0.4) is 0 Å². The number of rotatable bonds is 9. The zero-order valence-corrected chi connectivity index (χ0v) is 29.6. The van der Waals surface area contributed by atoms with Crippen LogP contribution in [-0.2, 0) is 13.6 Å². The molecule has 4 aromatic rings. The molecule has 0 radical (unpaired) electrons. The molecule has 4 nitrogen and oxygen atoms in total. The highest BCUT2D eigenvalue weighted by molar-refractivity contribution is 7.00. The first-order valence-corrected chi connectivity index (χ1v) is 20.0. The van der Waals surface area contributed by atoms with Gasteiger partial charge in [0.25, 0.3) is 16.6 Å². The number of hydrogen-bond donors (Lipinski definition) is 0. The van der Waals surface area contributed by atoms with Crippen molar-refractivity contribution in [3.63, 3.8) is 0 Å². The monoisotopic (exact) mass is 633 g/mol. The zero-order valence-electron chi connectivity index (χ0n) is 27.6. The average Bonchev–Trinajstić information content (AvgIpc) is 3.03. The van der Waals surface area contributed by atoms with Gasteiger partial charge < -0.3 is 8.85 Å². The summed E-state index contributed by atoms with van der Waals surface area (Å²) in [5.41, 5.74) is 0. The largest absolute Gasteiger partial charge is 0.404 e. The molecule has 234 valence electrons. The van der Waals surface area contributed by atoms with E-state index in [4.69, 9.17) is 8.85 Å². The highest BCUT2D eigenvalue weighted by Gasteiger charge is 2.54. The third kappa shape index (κ3) is 6.62. The summed E-state index contributed by atoms with van der Waals surface area (Å²) < 4.78 is 15.2. The molecule has 0 spiro atoms. The maximum Gasteiger partial charge on any atom is 0.261 e. The highest BCUT2D eigenvalue weighted by atomic mass is 28.4. The molecular weight excluding hydrogens is 587 g/mol. The van der Waals surface area contributed by atoms with E-state index >= 15 is 0 Å². The first-order valence-electron chi connectivity index (χ1n) is 16.2. The summed E-state index contributed by atoms with van der Waals surface area (Å²) in [5, 5.41) is 4.65. The van der Waals surface area contributed by atoms with Crippen LogP contribution in [0.4, 0.5) is 0 Å². The van der Waals surface area contributed by atoms with E-state index < -0.39 is 16.6 Å². The van der Waals surface area contributed by atoms with E-state index in [1.54, 1.807) is 0 Å². The predicted octanol–water partition coefficient (Wildman–Crippen LogP) is 6.77. The van der Waals surface area contributed by atoms with Crippen LogP contribution in [0.2, 0.25) is 10.1 Å². The molecule has 0 saturated heterocycles. The molecule has 2 unspecified atom stereocenters. The molecular formula is C39H47NO3Si2. The summed E-state index contributed by atoms with van der Waals surface area (Å²) >= 11 is 0. The zero-order chi connectivity index (χ0) is 32.1. The minimum atomic E-state index is -2.83. The lowest BCUT2D eigenvalue weighted by atomic mass is 9.91. The topological polar surface area (TPSA) is 47.9 Å². The molecule has 1 aliphatic rings. The van der Waals surface area contributed by atoms with Crippen molar-refractivity contribution in [3.05, 3.63) is 121 Å². The molecule has 0 N–H and O–H groups in total. The van der Waals surface area contributed by atoms with Crippen molar-refractivity contribution >= 4 is 43.5 Å². The van der Waals surface area contributed by atoms with Gasteiger partial charge in [0, 0.05) is 0 Å². The molecule has 0 amide bonds. The van der Waals surface area contributed by atoms with Crippen LogP contribution < -0.4 is 20.7 Å². The van der Waals surface area contributed by atoms with Crippen molar-refractivity contribution in [2.24, 2.45) is 4.99 Å². The predicted molar refractivity (Wildman–Crippen MR) is 191 cm³/mol. The minimum Gasteiger partial charge on any atom is -0.404 e. The normalized spacial score (nSPS) is 19.5. The van der Waals surface area contributed by atoms with Crippen LogP contribution in [0.5, 0.6) is 0 Å². The molecule has 5 rings (SSSR count). The fraction of sp³-hybridized carbons (Fsp3) is 0.359. The van der Waals surface area contributed by atoms with E-state index in [1.807, 2.05) is 6.08 Å². The number of nitrogens with zero attached hydrogens (tertiary/aromatic N) is 1. The lowest BCUT2D eigenvalue weighted by Crippen LogP contribution is -2.69. The van der Waals surface area contributed by atoms with Gasteiger partial charge in [0.05, 0.1) is 18.2 Å². The SMILES string of the molecule is CC(C)(C)[Si](OC1CC(N=C=O)CC(O[Si](c2ccccc2)(c2ccccc2)C(C)(C)C)C1)(c1ccccc1)c1ccccc1. The van der Waals surface area contributed by atoms with E-state index in [-0.39, 0.29) is 28.3 Å². The first-order chi connectivity index (χ1) is 21.5. The molecule has 1 aliphatic carbocycles. The molecule has 1 saturated carbocycles. The molecule has 0 aromatic heterocycles. The number of aliphatic imine (C=N–C) groups is 1. The van der Waals surface area contributed by atoms with Crippen LogP contribution >= 0.6 is 0 Å². The van der Waals surface area contributed by atoms with E-state index in [9.17, 15) is 4.79 Å². The van der Waals surface area contributed by atoms with Gasteiger partial charge in [-0.1, -0.05) is 163 Å². The Morgan fingerprint density at radius 3 is 1.07 bits per heavy atom. The van der Waals surface area contributed by atoms with Crippen LogP contribution in [0.1, 0.15) is 60.8 Å². The molecule has 2 atom stereocenters. The van der Waals surface area contributed by atoms with E-state index in [0.717, 1.165) is 6.42 Å². The van der Waals surface area contributed by atoms with Gasteiger partial charge in [0.15, 0.2) is 0 Å². The van der Waals surface area contributed by atoms with E-state index in [2.05, 4.69) is 168 Å². The Morgan fingerprint density at radius 2 is 0.822 bits per heavy atom. The maximum absolute atomic E-state index is 11.7. The molecule has 6 heteroatoms. The molecule has 0 bridgehead atoms. The second-order valence-electron chi connectivity index (χ2n) is 14.4. The fourth-order valence-electron chi connectivity index (χ4n) is 7.44. The van der Waals surface area contributed by atoms with Crippen molar-refractivity contribution in [1.82, 2.24) is 0 Å². The molecule has 0 aliphatic heterocycles. The standard InChI is InChI=1S/C39H47NO3Si2/c1-38(2,3)44(34-19-11-7-12-20-34,35-21-13-8-14-22-35)42-32-27-31(40-30-41)28-33(29-32)43-45(39(4,5)6,36-23-15-9-16-24-36)37-25-17-10-18-26-37/h7-26,31-33H,27-29H2,1-6H3. The average molecular weight is 634 g/mol. The first kappa shape index (κ1) is 33.0. The van der Waals surface area contributed by atoms with Gasteiger partial charge in [0.1, 0.15) is 0 Å². The van der Waals surface area contributed by atoms with Crippen LogP contribution in [-0.4, -0.2) is 41.0 Å². The Labute approximate surface area is 271 Å². The lowest BCUT2D eigenvalue weighted by Gasteiger charge is -2.49. The molecule has 1 fully saturated rings. The Balaban J connectivity index is 1.61. The number of isocyanates is 1. The molecule has 45 heavy (non-hydrogen) atoms. The summed E-state index contributed by atoms with van der Waals surface area (Å²) in [4.78, 5) is 16.0. The molecule has 0 heterocycles. The Bertz CT molecular complexity index is 1370. The van der Waals surface area contributed by atoms with Gasteiger partial charge in [-0.3, -0.25) is 0 Å². The second kappa shape index (κ2) is 13.5. The Morgan fingerprint density at radius 1 is 0.533 bits per heavy atom. The van der Waals surface area contributed by atoms with Crippen LogP contribution in [0.15, 0.2) is 126 Å². The quantitative estimate of drug-likeness (QED) is 0.116. The van der Waals surface area contributed by atoms with Crippen molar-refractivity contribution in [1.29, 1.82) is 0 Å². The summed E-state index contributed by atoms with van der Waals surface area (Å²) in [5.74, 6) is 0. The number of hydrogen-bond acceptors (Lipinski definition) is 4. The van der Waals surface area contributed by atoms with Crippen LogP contribution in [0, 0.1) is 0 Å². The van der Waals surface area contributed by atoms with Crippen molar-refractivity contribution < 1.29 is 13.6 Å². The number of benzene rings is 4. The summed E-state index contributed by atoms with van der Waals surface area (Å²) in [7, 11) is -5.65. The van der Waals surface area contributed by atoms with Gasteiger partial charge in [-0.15, -0.1) is 0 Å². The smallest absolute Gasteiger partial charge is 0.261 e. The summed E-state index contributed by atoms with van der Waals surface area (Å²) in [6.07, 6.45) is 3.66. The highest BCUT2D eigenvalue weighted by Crippen LogP contribution is 2.42. The van der Waals surface area contributed by atoms with Gasteiger partial charge in [-0.05, 0) is 50.1 Å². The van der Waals surface area contributed by atoms with Crippen molar-refractivity contribution in [3.8, 4) is 0 Å². The Hall–Kier alpha value is -3.39. The van der Waals surface area contributed by atoms with E-state index in [1.165, 1.54) is 20.7 Å². The minimum absolute atomic E-state index is 0.143. The maximum atomic E-state index is 11.7. The van der Waals surface area contributed by atoms with E-state index in [0.29, 0.717) is 12.8 Å². The van der Waals surface area contributed by atoms with Crippen molar-refractivity contribution in [2.75, 3.05) is 0 Å². The van der Waals surface area contributed by atoms with Crippen LogP contribution in [0.25, 0.3) is 0 Å². The van der Waals surface area contributed by atoms with Crippen molar-refractivity contribution in [2.45, 2.75) is 89.1 Å². The van der Waals surface area contributed by atoms with Gasteiger partial charge >= 0.3 is 0 Å². The molecule has 4 aromatic carbocycles. The summed E-state index contributed by atoms with van der Waals surface area (Å²) in [6.45, 7) is 13.8. The second-order valence-corrected chi connectivity index (χ2v) is 22.9. The van der Waals surface area contributed by atoms with Gasteiger partial charge in [-0.2, -0.15) is 0 Å². The third-order valence-electron chi connectivity index (χ3n) is 9.35. The van der Waals surface area contributed by atoms with Gasteiger partial charge in [-0.25, -0.2) is 9.79 Å². The Kier molecular flexibility index (Phi) is 9.92. The lowest BCUT2D eigenvalue weighted by molar-refractivity contribution is 0.0485. The summed E-state index contributed by atoms with van der Waals surface area (Å²) in [6, 6.07) is 42.8. The van der Waals surface area contributed by atoms with Gasteiger partial charge in [0.2, 0.25) is 6.08 Å². The third-order valence-corrected chi connectivity index (χ3v) is 19.5. The number of carbonyl (C=O) groups excluding carboxylic acids is 1.